The largest absolute Gasteiger partial charge is 0.317 e. The van der Waals surface area contributed by atoms with Crippen molar-refractivity contribution in [2.24, 2.45) is 5.92 Å². The molecule has 1 saturated heterocycles. The van der Waals surface area contributed by atoms with Gasteiger partial charge in [0.2, 0.25) is 0 Å². The smallest absolute Gasteiger partial charge is 0.0175 e. The summed E-state index contributed by atoms with van der Waals surface area (Å²) >= 11 is 3.44. The first-order valence-electron chi connectivity index (χ1n) is 5.49. The van der Waals surface area contributed by atoms with Crippen molar-refractivity contribution in [1.82, 2.24) is 5.32 Å². The van der Waals surface area contributed by atoms with Crippen molar-refractivity contribution in [3.63, 3.8) is 0 Å². The predicted molar refractivity (Wildman–Crippen MR) is 68.8 cm³/mol. The van der Waals surface area contributed by atoms with Crippen LogP contribution in [0.3, 0.4) is 0 Å². The van der Waals surface area contributed by atoms with Crippen molar-refractivity contribution in [3.05, 3.63) is 40.4 Å². The highest BCUT2D eigenvalue weighted by Crippen LogP contribution is 2.16. The Bertz CT molecular complexity index is 323. The maximum Gasteiger partial charge on any atom is 0.0175 e. The van der Waals surface area contributed by atoms with Crippen LogP contribution in [0.4, 0.5) is 0 Å². The summed E-state index contributed by atoms with van der Waals surface area (Å²) in [5, 5.41) is 3.38. The van der Waals surface area contributed by atoms with Crippen LogP contribution in [0.1, 0.15) is 18.4 Å². The van der Waals surface area contributed by atoms with Crippen LogP contribution in [0.5, 0.6) is 0 Å². The van der Waals surface area contributed by atoms with Crippen molar-refractivity contribution < 1.29 is 0 Å². The van der Waals surface area contributed by atoms with Crippen molar-refractivity contribution in [3.8, 4) is 0 Å². The molecule has 2 heteroatoms. The molecule has 1 aliphatic rings. The number of allylic oxidation sites excluding steroid dienone is 1. The minimum atomic E-state index is 0.759. The van der Waals surface area contributed by atoms with Gasteiger partial charge in [0.25, 0.3) is 0 Å². The first kappa shape index (κ1) is 10.9. The van der Waals surface area contributed by atoms with Gasteiger partial charge in [-0.05, 0) is 49.5 Å². The lowest BCUT2D eigenvalue weighted by molar-refractivity contribution is 0.438. The molecule has 0 aromatic heterocycles. The van der Waals surface area contributed by atoms with E-state index in [0.717, 1.165) is 23.5 Å². The van der Waals surface area contributed by atoms with Crippen molar-refractivity contribution >= 4 is 22.0 Å². The standard InChI is InChI=1S/C13H16BrN/c14-13-5-3-11(4-6-13)1-2-12-7-9-15-10-8-12/h1-6,12,15H,7-10H2/b2-1+. The quantitative estimate of drug-likeness (QED) is 0.864. The van der Waals surface area contributed by atoms with Crippen LogP contribution in [-0.4, -0.2) is 13.1 Å². The average Bonchev–Trinajstić information content (AvgIpc) is 2.30. The van der Waals surface area contributed by atoms with E-state index in [1.165, 1.54) is 18.4 Å². The maximum atomic E-state index is 3.44. The molecule has 0 atom stereocenters. The molecule has 1 N–H and O–H groups in total. The minimum Gasteiger partial charge on any atom is -0.317 e. The van der Waals surface area contributed by atoms with Gasteiger partial charge in [0.1, 0.15) is 0 Å². The van der Waals surface area contributed by atoms with E-state index in [-0.39, 0.29) is 0 Å². The molecular formula is C13H16BrN. The average molecular weight is 266 g/mol. The van der Waals surface area contributed by atoms with Gasteiger partial charge in [-0.25, -0.2) is 0 Å². The molecule has 1 aromatic rings. The van der Waals surface area contributed by atoms with E-state index in [1.54, 1.807) is 0 Å². The summed E-state index contributed by atoms with van der Waals surface area (Å²) in [5.74, 6) is 0.759. The summed E-state index contributed by atoms with van der Waals surface area (Å²) in [7, 11) is 0. The molecule has 0 amide bonds. The monoisotopic (exact) mass is 265 g/mol. The molecule has 0 saturated carbocycles. The highest BCUT2D eigenvalue weighted by molar-refractivity contribution is 9.10. The van der Waals surface area contributed by atoms with Crippen molar-refractivity contribution in [1.29, 1.82) is 0 Å². The first-order valence-corrected chi connectivity index (χ1v) is 6.28. The summed E-state index contributed by atoms with van der Waals surface area (Å²) in [6.45, 7) is 2.32. The van der Waals surface area contributed by atoms with Crippen LogP contribution >= 0.6 is 15.9 Å². The van der Waals surface area contributed by atoms with Crippen molar-refractivity contribution in [2.45, 2.75) is 12.8 Å². The molecule has 0 bridgehead atoms. The lowest BCUT2D eigenvalue weighted by atomic mass is 9.97. The number of hydrogen-bond donors (Lipinski definition) is 1. The Morgan fingerprint density at radius 3 is 2.47 bits per heavy atom. The van der Waals surface area contributed by atoms with Crippen LogP contribution in [0.2, 0.25) is 0 Å². The van der Waals surface area contributed by atoms with E-state index in [9.17, 15) is 0 Å². The molecule has 15 heavy (non-hydrogen) atoms. The Hall–Kier alpha value is -0.600. The maximum absolute atomic E-state index is 3.44. The molecule has 1 fully saturated rings. The number of rotatable bonds is 2. The summed E-state index contributed by atoms with van der Waals surface area (Å²) in [5.41, 5.74) is 1.29. The zero-order chi connectivity index (χ0) is 10.5. The Balaban J connectivity index is 1.95. The van der Waals surface area contributed by atoms with Gasteiger partial charge in [-0.15, -0.1) is 0 Å². The van der Waals surface area contributed by atoms with Crippen molar-refractivity contribution in [2.75, 3.05) is 13.1 Å². The second-order valence-corrected chi connectivity index (χ2v) is 4.91. The van der Waals surface area contributed by atoms with E-state index in [1.807, 2.05) is 0 Å². The fourth-order valence-electron chi connectivity index (χ4n) is 1.86. The van der Waals surface area contributed by atoms with Gasteiger partial charge in [0.15, 0.2) is 0 Å². The Labute approximate surface area is 99.7 Å². The van der Waals surface area contributed by atoms with Crippen LogP contribution in [0.25, 0.3) is 6.08 Å². The number of hydrogen-bond acceptors (Lipinski definition) is 1. The molecule has 80 valence electrons. The third kappa shape index (κ3) is 3.47. The topological polar surface area (TPSA) is 12.0 Å². The summed E-state index contributed by atoms with van der Waals surface area (Å²) < 4.78 is 1.14. The van der Waals surface area contributed by atoms with Crippen LogP contribution in [0.15, 0.2) is 34.8 Å². The van der Waals surface area contributed by atoms with Crippen LogP contribution < -0.4 is 5.32 Å². The summed E-state index contributed by atoms with van der Waals surface area (Å²) in [6, 6.07) is 8.45. The van der Waals surface area contributed by atoms with Gasteiger partial charge >= 0.3 is 0 Å². The SMILES string of the molecule is Brc1ccc(/C=C/C2CCNCC2)cc1. The molecule has 0 unspecified atom stereocenters. The van der Waals surface area contributed by atoms with Gasteiger partial charge in [-0.1, -0.05) is 40.2 Å². The van der Waals surface area contributed by atoms with Gasteiger partial charge in [0, 0.05) is 4.47 Å². The van der Waals surface area contributed by atoms with Crippen LogP contribution in [0, 0.1) is 5.92 Å². The number of benzene rings is 1. The fraction of sp³-hybridized carbons (Fsp3) is 0.385. The molecule has 0 radical (unpaired) electrons. The third-order valence-electron chi connectivity index (χ3n) is 2.81. The molecule has 0 aliphatic carbocycles. The lowest BCUT2D eigenvalue weighted by Gasteiger charge is -2.19. The lowest BCUT2D eigenvalue weighted by Crippen LogP contribution is -2.26. The molecule has 0 spiro atoms. The van der Waals surface area contributed by atoms with E-state index in [4.69, 9.17) is 0 Å². The van der Waals surface area contributed by atoms with Gasteiger partial charge in [0.05, 0.1) is 0 Å². The van der Waals surface area contributed by atoms with Gasteiger partial charge in [-0.2, -0.15) is 0 Å². The highest BCUT2D eigenvalue weighted by Gasteiger charge is 2.08. The zero-order valence-electron chi connectivity index (χ0n) is 8.75. The molecule has 1 heterocycles. The number of nitrogens with one attached hydrogen (secondary N) is 1. The Morgan fingerprint density at radius 1 is 1.13 bits per heavy atom. The Morgan fingerprint density at radius 2 is 1.80 bits per heavy atom. The van der Waals surface area contributed by atoms with Gasteiger partial charge in [-0.3, -0.25) is 0 Å². The van der Waals surface area contributed by atoms with E-state index < -0.39 is 0 Å². The zero-order valence-corrected chi connectivity index (χ0v) is 10.3. The minimum absolute atomic E-state index is 0.759. The predicted octanol–water partition coefficient (Wildman–Crippen LogP) is 3.46. The molecule has 1 aromatic carbocycles. The summed E-state index contributed by atoms with van der Waals surface area (Å²) in [6.07, 6.45) is 7.13. The number of halogens is 1. The van der Waals surface area contributed by atoms with Gasteiger partial charge < -0.3 is 5.32 Å². The number of piperidine rings is 1. The molecule has 1 aliphatic heterocycles. The Kier molecular flexibility index (Phi) is 3.98. The third-order valence-corrected chi connectivity index (χ3v) is 3.34. The fourth-order valence-corrected chi connectivity index (χ4v) is 2.12. The highest BCUT2D eigenvalue weighted by atomic mass is 79.9. The second-order valence-electron chi connectivity index (χ2n) is 4.00. The van der Waals surface area contributed by atoms with E-state index in [0.29, 0.717) is 0 Å². The van der Waals surface area contributed by atoms with E-state index >= 15 is 0 Å². The molecule has 2 rings (SSSR count). The van der Waals surface area contributed by atoms with Crippen LogP contribution in [-0.2, 0) is 0 Å². The normalized spacial score (nSPS) is 18.5. The van der Waals surface area contributed by atoms with E-state index in [2.05, 4.69) is 57.7 Å². The molecule has 1 nitrogen and oxygen atoms in total. The molecular weight excluding hydrogens is 250 g/mol. The first-order chi connectivity index (χ1) is 7.34. The summed E-state index contributed by atoms with van der Waals surface area (Å²) in [4.78, 5) is 0. The second kappa shape index (κ2) is 5.47.